The summed E-state index contributed by atoms with van der Waals surface area (Å²) < 4.78 is 28.8. The van der Waals surface area contributed by atoms with Gasteiger partial charge >= 0.3 is 0 Å². The fraction of sp³-hybridized carbons (Fsp3) is 0.474. The van der Waals surface area contributed by atoms with Crippen LogP contribution in [-0.4, -0.2) is 41.3 Å². The number of carbonyl (C=O) groups excluding carboxylic acids is 1. The van der Waals surface area contributed by atoms with Crippen molar-refractivity contribution in [2.75, 3.05) is 18.4 Å². The smallest absolute Gasteiger partial charge is 0.262 e. The molecule has 1 aliphatic heterocycles. The van der Waals surface area contributed by atoms with Crippen molar-refractivity contribution < 1.29 is 13.2 Å². The lowest BCUT2D eigenvalue weighted by Crippen LogP contribution is -2.41. The molecular weight excluding hydrogens is 364 g/mol. The molecule has 0 bridgehead atoms. The molecule has 1 N–H and O–H groups in total. The maximum absolute atomic E-state index is 12.8. The normalized spacial score (nSPS) is 16.6. The number of carbonyl (C=O) groups is 1. The Morgan fingerprint density at radius 2 is 1.89 bits per heavy atom. The van der Waals surface area contributed by atoms with Crippen LogP contribution in [0.2, 0.25) is 0 Å². The number of para-hydroxylation sites is 1. The van der Waals surface area contributed by atoms with Gasteiger partial charge in [0.15, 0.2) is 5.03 Å². The zero-order valence-electron chi connectivity index (χ0n) is 15.9. The lowest BCUT2D eigenvalue weighted by atomic mass is 9.97. The zero-order chi connectivity index (χ0) is 19.6. The van der Waals surface area contributed by atoms with E-state index in [0.717, 1.165) is 11.3 Å². The minimum Gasteiger partial charge on any atom is -0.334 e. The van der Waals surface area contributed by atoms with Crippen LogP contribution in [0.1, 0.15) is 38.3 Å². The number of rotatable bonds is 5. The van der Waals surface area contributed by atoms with Crippen LogP contribution in [0.15, 0.2) is 41.8 Å². The number of aryl methyl sites for hydroxylation is 1. The SMILES string of the molecule is Cc1ccccc1NC(=O)C1CCN(S(=O)(=O)c2cn(C(C)C)cn2)CC1. The highest BCUT2D eigenvalue weighted by Crippen LogP contribution is 2.25. The molecule has 146 valence electrons. The van der Waals surface area contributed by atoms with Crippen molar-refractivity contribution in [1.29, 1.82) is 0 Å². The van der Waals surface area contributed by atoms with E-state index < -0.39 is 10.0 Å². The van der Waals surface area contributed by atoms with E-state index in [1.807, 2.05) is 45.0 Å². The van der Waals surface area contributed by atoms with Crippen molar-refractivity contribution in [2.45, 2.75) is 44.7 Å². The van der Waals surface area contributed by atoms with Gasteiger partial charge in [0.25, 0.3) is 10.0 Å². The van der Waals surface area contributed by atoms with Crippen molar-refractivity contribution in [1.82, 2.24) is 13.9 Å². The lowest BCUT2D eigenvalue weighted by Gasteiger charge is -2.30. The minimum absolute atomic E-state index is 0.0505. The molecule has 7 nitrogen and oxygen atoms in total. The number of piperidine rings is 1. The number of nitrogens with zero attached hydrogens (tertiary/aromatic N) is 3. The van der Waals surface area contributed by atoms with E-state index in [0.29, 0.717) is 25.9 Å². The first-order valence-corrected chi connectivity index (χ1v) is 10.6. The van der Waals surface area contributed by atoms with Gasteiger partial charge in [-0.1, -0.05) is 18.2 Å². The monoisotopic (exact) mass is 390 g/mol. The van der Waals surface area contributed by atoms with Gasteiger partial charge in [-0.05, 0) is 45.2 Å². The Hall–Kier alpha value is -2.19. The van der Waals surface area contributed by atoms with Crippen LogP contribution in [0, 0.1) is 12.8 Å². The Kier molecular flexibility index (Phi) is 5.67. The molecular formula is C19H26N4O3S. The highest BCUT2D eigenvalue weighted by atomic mass is 32.2. The molecule has 1 amide bonds. The van der Waals surface area contributed by atoms with Crippen LogP contribution >= 0.6 is 0 Å². The molecule has 8 heteroatoms. The van der Waals surface area contributed by atoms with E-state index in [4.69, 9.17) is 0 Å². The second-order valence-corrected chi connectivity index (χ2v) is 9.12. The highest BCUT2D eigenvalue weighted by molar-refractivity contribution is 7.89. The van der Waals surface area contributed by atoms with Gasteiger partial charge in [0.05, 0.1) is 6.33 Å². The first-order valence-electron chi connectivity index (χ1n) is 9.19. The third-order valence-corrected chi connectivity index (χ3v) is 6.79. The fourth-order valence-electron chi connectivity index (χ4n) is 3.17. The molecule has 1 aromatic heterocycles. The second kappa shape index (κ2) is 7.82. The first kappa shape index (κ1) is 19.6. The van der Waals surface area contributed by atoms with E-state index in [1.54, 1.807) is 17.1 Å². The quantitative estimate of drug-likeness (QED) is 0.851. The maximum atomic E-state index is 12.8. The van der Waals surface area contributed by atoms with E-state index >= 15 is 0 Å². The minimum atomic E-state index is -3.62. The average Bonchev–Trinajstić information content (AvgIpc) is 3.15. The van der Waals surface area contributed by atoms with Gasteiger partial charge in [0.2, 0.25) is 5.91 Å². The number of sulfonamides is 1. The van der Waals surface area contributed by atoms with Gasteiger partial charge in [0.1, 0.15) is 0 Å². The van der Waals surface area contributed by atoms with Crippen LogP contribution < -0.4 is 5.32 Å². The zero-order valence-corrected chi connectivity index (χ0v) is 16.7. The van der Waals surface area contributed by atoms with Crippen molar-refractivity contribution in [3.8, 4) is 0 Å². The molecule has 0 radical (unpaired) electrons. The molecule has 27 heavy (non-hydrogen) atoms. The fourth-order valence-corrected chi connectivity index (χ4v) is 4.56. The molecule has 0 atom stereocenters. The molecule has 1 saturated heterocycles. The molecule has 1 aromatic carbocycles. The molecule has 3 rings (SSSR count). The maximum Gasteiger partial charge on any atom is 0.262 e. The summed E-state index contributed by atoms with van der Waals surface area (Å²) in [7, 11) is -3.62. The Morgan fingerprint density at radius 3 is 2.48 bits per heavy atom. The van der Waals surface area contributed by atoms with Gasteiger partial charge < -0.3 is 9.88 Å². The van der Waals surface area contributed by atoms with Crippen LogP contribution in [-0.2, 0) is 14.8 Å². The molecule has 1 fully saturated rings. The predicted molar refractivity (Wildman–Crippen MR) is 104 cm³/mol. The van der Waals surface area contributed by atoms with Crippen LogP contribution in [0.3, 0.4) is 0 Å². The van der Waals surface area contributed by atoms with E-state index in [-0.39, 0.29) is 22.9 Å². The number of hydrogen-bond acceptors (Lipinski definition) is 4. The van der Waals surface area contributed by atoms with Crippen molar-refractivity contribution in [3.05, 3.63) is 42.4 Å². The Bertz CT molecular complexity index is 913. The summed E-state index contributed by atoms with van der Waals surface area (Å²) in [5.41, 5.74) is 1.81. The Morgan fingerprint density at radius 1 is 1.22 bits per heavy atom. The van der Waals surface area contributed by atoms with E-state index in [2.05, 4.69) is 10.3 Å². The number of benzene rings is 1. The first-order chi connectivity index (χ1) is 12.8. The summed E-state index contributed by atoms with van der Waals surface area (Å²) in [5, 5.41) is 3.03. The largest absolute Gasteiger partial charge is 0.334 e. The molecule has 2 heterocycles. The van der Waals surface area contributed by atoms with Gasteiger partial charge in [-0.25, -0.2) is 13.4 Å². The molecule has 1 aliphatic rings. The van der Waals surface area contributed by atoms with Gasteiger partial charge in [-0.2, -0.15) is 4.31 Å². The topological polar surface area (TPSA) is 84.3 Å². The van der Waals surface area contributed by atoms with Crippen molar-refractivity contribution in [2.24, 2.45) is 5.92 Å². The summed E-state index contributed by atoms with van der Waals surface area (Å²) in [6.45, 7) is 6.53. The number of anilines is 1. The molecule has 0 aliphatic carbocycles. The Balaban J connectivity index is 1.62. The number of hydrogen-bond donors (Lipinski definition) is 1. The molecule has 0 spiro atoms. The molecule has 0 saturated carbocycles. The Labute approximate surface area is 160 Å². The van der Waals surface area contributed by atoms with Gasteiger partial charge in [0, 0.05) is 36.9 Å². The summed E-state index contributed by atoms with van der Waals surface area (Å²) in [6.07, 6.45) is 4.11. The third-order valence-electron chi connectivity index (χ3n) is 5.01. The highest BCUT2D eigenvalue weighted by Gasteiger charge is 2.33. The van der Waals surface area contributed by atoms with Crippen molar-refractivity contribution in [3.63, 3.8) is 0 Å². The summed E-state index contributed by atoms with van der Waals surface area (Å²) in [6, 6.07) is 7.78. The van der Waals surface area contributed by atoms with E-state index in [9.17, 15) is 13.2 Å². The predicted octanol–water partition coefficient (Wildman–Crippen LogP) is 2.81. The van der Waals surface area contributed by atoms with Crippen molar-refractivity contribution >= 4 is 21.6 Å². The third kappa shape index (κ3) is 4.22. The number of imidazole rings is 1. The summed E-state index contributed by atoms with van der Waals surface area (Å²) in [5.74, 6) is -0.241. The van der Waals surface area contributed by atoms with E-state index in [1.165, 1.54) is 4.31 Å². The summed E-state index contributed by atoms with van der Waals surface area (Å²) in [4.78, 5) is 16.6. The van der Waals surface area contributed by atoms with Gasteiger partial charge in [-0.15, -0.1) is 0 Å². The number of nitrogens with one attached hydrogen (secondary N) is 1. The second-order valence-electron chi connectivity index (χ2n) is 7.24. The molecule has 0 unspecified atom stereocenters. The number of amides is 1. The van der Waals surface area contributed by atoms with Gasteiger partial charge in [-0.3, -0.25) is 4.79 Å². The lowest BCUT2D eigenvalue weighted by molar-refractivity contribution is -0.120. The molecule has 2 aromatic rings. The van der Waals surface area contributed by atoms with Crippen LogP contribution in [0.5, 0.6) is 0 Å². The number of aromatic nitrogens is 2. The van der Waals surface area contributed by atoms with Crippen LogP contribution in [0.25, 0.3) is 0 Å². The average molecular weight is 391 g/mol. The summed E-state index contributed by atoms with van der Waals surface area (Å²) >= 11 is 0. The standard InChI is InChI=1S/C19H26N4O3S/c1-14(2)22-12-18(20-13-22)27(25,26)23-10-8-16(9-11-23)19(24)21-17-7-5-4-6-15(17)3/h4-7,12-14,16H,8-11H2,1-3H3,(H,21,24). The van der Waals surface area contributed by atoms with Crippen LogP contribution in [0.4, 0.5) is 5.69 Å².